The number of para-hydroxylation sites is 1. The Labute approximate surface area is 152 Å². The van der Waals surface area contributed by atoms with Crippen LogP contribution in [0.15, 0.2) is 48.5 Å². The molecule has 0 saturated carbocycles. The maximum absolute atomic E-state index is 12.6. The smallest absolute Gasteiger partial charge is 0.321 e. The van der Waals surface area contributed by atoms with Crippen LogP contribution in [0.1, 0.15) is 22.8 Å². The third kappa shape index (κ3) is 4.05. The number of aryl methyl sites for hydroxylation is 1. The zero-order valence-electron chi connectivity index (χ0n) is 13.7. The number of carbonyl (C=O) groups excluding carboxylic acids is 1. The zero-order valence-corrected chi connectivity index (χ0v) is 15.2. The van der Waals surface area contributed by atoms with Crippen molar-refractivity contribution in [1.29, 1.82) is 0 Å². The Morgan fingerprint density at radius 3 is 2.71 bits per heavy atom. The summed E-state index contributed by atoms with van der Waals surface area (Å²) >= 11 is 8.20. The van der Waals surface area contributed by atoms with Crippen LogP contribution in [0.2, 0.25) is 5.02 Å². The number of nitrogens with zero attached hydrogens (tertiary/aromatic N) is 1. The first-order chi connectivity index (χ1) is 11.6. The third-order valence-corrected chi connectivity index (χ3v) is 5.92. The van der Waals surface area contributed by atoms with Gasteiger partial charge in [-0.1, -0.05) is 48.0 Å². The molecular weight excluding hydrogens is 340 g/mol. The summed E-state index contributed by atoms with van der Waals surface area (Å²) in [5, 5.41) is 4.18. The predicted octanol–water partition coefficient (Wildman–Crippen LogP) is 5.36. The summed E-state index contributed by atoms with van der Waals surface area (Å²) in [6.45, 7) is 3.49. The molecule has 0 radical (unpaired) electrons. The monoisotopic (exact) mass is 360 g/mol. The lowest BCUT2D eigenvalue weighted by atomic mass is 10.1. The average Bonchev–Trinajstić information content (AvgIpc) is 2.83. The van der Waals surface area contributed by atoms with Gasteiger partial charge in [-0.25, -0.2) is 4.79 Å². The highest BCUT2D eigenvalue weighted by Gasteiger charge is 2.23. The third-order valence-electron chi connectivity index (χ3n) is 4.27. The molecule has 2 aromatic carbocycles. The van der Waals surface area contributed by atoms with Crippen molar-refractivity contribution in [3.05, 3.63) is 64.7 Å². The van der Waals surface area contributed by atoms with Crippen molar-refractivity contribution in [1.82, 2.24) is 4.90 Å². The molecule has 3 rings (SSSR count). The summed E-state index contributed by atoms with van der Waals surface area (Å²) in [5.74, 6) is 0.914. The summed E-state index contributed by atoms with van der Waals surface area (Å²) in [4.78, 5) is 14.5. The molecule has 1 atom stereocenters. The van der Waals surface area contributed by atoms with Gasteiger partial charge in [0.15, 0.2) is 0 Å². The topological polar surface area (TPSA) is 32.3 Å². The summed E-state index contributed by atoms with van der Waals surface area (Å²) in [5.41, 5.74) is 3.12. The van der Waals surface area contributed by atoms with Crippen LogP contribution >= 0.6 is 23.4 Å². The molecule has 0 aliphatic carbocycles. The Kier molecular flexibility index (Phi) is 5.69. The first kappa shape index (κ1) is 17.2. The minimum atomic E-state index is -0.0234. The molecule has 2 amide bonds. The van der Waals surface area contributed by atoms with Crippen molar-refractivity contribution < 1.29 is 4.79 Å². The van der Waals surface area contributed by atoms with E-state index in [4.69, 9.17) is 11.6 Å². The van der Waals surface area contributed by atoms with Gasteiger partial charge in [-0.05, 0) is 36.6 Å². The average molecular weight is 361 g/mol. The highest BCUT2D eigenvalue weighted by Crippen LogP contribution is 2.37. The van der Waals surface area contributed by atoms with Crippen LogP contribution in [0, 0.1) is 6.92 Å². The van der Waals surface area contributed by atoms with E-state index in [1.54, 1.807) is 0 Å². The summed E-state index contributed by atoms with van der Waals surface area (Å²) in [6.07, 6.45) is 0.912. The Morgan fingerprint density at radius 2 is 1.92 bits per heavy atom. The molecule has 1 fully saturated rings. The summed E-state index contributed by atoms with van der Waals surface area (Å²) in [7, 11) is 0. The molecule has 1 N–H and O–H groups in total. The number of rotatable bonds is 2. The molecule has 126 valence electrons. The lowest BCUT2D eigenvalue weighted by Crippen LogP contribution is -2.36. The SMILES string of the molecule is Cc1ccccc1NC(=O)N1CCS[C@@H](c2ccccc2Cl)CC1. The van der Waals surface area contributed by atoms with E-state index in [1.807, 2.05) is 66.1 Å². The molecule has 2 aromatic rings. The largest absolute Gasteiger partial charge is 0.324 e. The van der Waals surface area contributed by atoms with E-state index in [2.05, 4.69) is 11.4 Å². The zero-order chi connectivity index (χ0) is 16.9. The second kappa shape index (κ2) is 7.95. The Hall–Kier alpha value is -1.65. The van der Waals surface area contributed by atoms with Gasteiger partial charge in [-0.3, -0.25) is 0 Å². The van der Waals surface area contributed by atoms with E-state index in [1.165, 1.54) is 5.56 Å². The lowest BCUT2D eigenvalue weighted by Gasteiger charge is -2.21. The van der Waals surface area contributed by atoms with Gasteiger partial charge in [0.05, 0.1) is 0 Å². The van der Waals surface area contributed by atoms with Gasteiger partial charge >= 0.3 is 6.03 Å². The van der Waals surface area contributed by atoms with Crippen LogP contribution in [0.5, 0.6) is 0 Å². The van der Waals surface area contributed by atoms with Crippen molar-refractivity contribution in [3.63, 3.8) is 0 Å². The summed E-state index contributed by atoms with van der Waals surface area (Å²) < 4.78 is 0. The lowest BCUT2D eigenvalue weighted by molar-refractivity contribution is 0.215. The molecule has 24 heavy (non-hydrogen) atoms. The molecule has 0 bridgehead atoms. The van der Waals surface area contributed by atoms with Crippen LogP contribution in [0.4, 0.5) is 10.5 Å². The van der Waals surface area contributed by atoms with Gasteiger partial charge < -0.3 is 10.2 Å². The molecule has 1 aliphatic rings. The maximum atomic E-state index is 12.6. The van der Waals surface area contributed by atoms with Crippen LogP contribution in [0.25, 0.3) is 0 Å². The normalized spacial score (nSPS) is 18.1. The van der Waals surface area contributed by atoms with Crippen molar-refractivity contribution in [2.45, 2.75) is 18.6 Å². The maximum Gasteiger partial charge on any atom is 0.321 e. The molecule has 1 saturated heterocycles. The molecule has 5 heteroatoms. The highest BCUT2D eigenvalue weighted by atomic mass is 35.5. The van der Waals surface area contributed by atoms with Gasteiger partial charge in [0, 0.05) is 34.8 Å². The van der Waals surface area contributed by atoms with Crippen LogP contribution in [-0.4, -0.2) is 29.8 Å². The molecule has 3 nitrogen and oxygen atoms in total. The second-order valence-electron chi connectivity index (χ2n) is 5.90. The predicted molar refractivity (Wildman–Crippen MR) is 103 cm³/mol. The molecule has 0 aromatic heterocycles. The van der Waals surface area contributed by atoms with Gasteiger partial charge in [0.1, 0.15) is 0 Å². The Morgan fingerprint density at radius 1 is 1.17 bits per heavy atom. The Bertz CT molecular complexity index is 722. The number of nitrogens with one attached hydrogen (secondary N) is 1. The number of amides is 2. The van der Waals surface area contributed by atoms with Crippen LogP contribution in [-0.2, 0) is 0 Å². The van der Waals surface area contributed by atoms with Crippen molar-refractivity contribution in [2.75, 3.05) is 24.2 Å². The number of hydrogen-bond acceptors (Lipinski definition) is 2. The minimum absolute atomic E-state index is 0.0234. The first-order valence-corrected chi connectivity index (χ1v) is 9.55. The molecule has 0 unspecified atom stereocenters. The minimum Gasteiger partial charge on any atom is -0.324 e. The number of anilines is 1. The number of benzene rings is 2. The molecular formula is C19H21ClN2OS. The van der Waals surface area contributed by atoms with E-state index in [0.29, 0.717) is 5.25 Å². The summed E-state index contributed by atoms with van der Waals surface area (Å²) in [6, 6.07) is 15.8. The number of urea groups is 1. The van der Waals surface area contributed by atoms with Gasteiger partial charge in [-0.2, -0.15) is 11.8 Å². The van der Waals surface area contributed by atoms with E-state index >= 15 is 0 Å². The number of carbonyl (C=O) groups is 1. The fraction of sp³-hybridized carbons (Fsp3) is 0.316. The number of halogens is 1. The quantitative estimate of drug-likeness (QED) is 0.781. The van der Waals surface area contributed by atoms with E-state index < -0.39 is 0 Å². The standard InChI is InChI=1S/C19H21ClN2OS/c1-14-6-2-5-9-17(14)21-19(23)22-11-10-18(24-13-12-22)15-7-3-4-8-16(15)20/h2-9,18H,10-13H2,1H3,(H,21,23)/t18-/m1/s1. The second-order valence-corrected chi connectivity index (χ2v) is 7.62. The van der Waals surface area contributed by atoms with E-state index in [-0.39, 0.29) is 6.03 Å². The molecule has 1 aliphatic heterocycles. The highest BCUT2D eigenvalue weighted by molar-refractivity contribution is 7.99. The van der Waals surface area contributed by atoms with Crippen molar-refractivity contribution >= 4 is 35.1 Å². The Balaban J connectivity index is 1.64. The number of hydrogen-bond donors (Lipinski definition) is 1. The van der Waals surface area contributed by atoms with Gasteiger partial charge in [0.25, 0.3) is 0 Å². The fourth-order valence-electron chi connectivity index (χ4n) is 2.87. The van der Waals surface area contributed by atoms with E-state index in [9.17, 15) is 4.79 Å². The van der Waals surface area contributed by atoms with Gasteiger partial charge in [0.2, 0.25) is 0 Å². The first-order valence-electron chi connectivity index (χ1n) is 8.13. The number of thioether (sulfide) groups is 1. The van der Waals surface area contributed by atoms with Gasteiger partial charge in [-0.15, -0.1) is 0 Å². The van der Waals surface area contributed by atoms with Crippen LogP contribution < -0.4 is 5.32 Å². The van der Waals surface area contributed by atoms with E-state index in [0.717, 1.165) is 41.5 Å². The van der Waals surface area contributed by atoms with Crippen molar-refractivity contribution in [3.8, 4) is 0 Å². The van der Waals surface area contributed by atoms with Crippen molar-refractivity contribution in [2.24, 2.45) is 0 Å². The fourth-order valence-corrected chi connectivity index (χ4v) is 4.46. The molecule has 0 spiro atoms. The molecule has 1 heterocycles. The van der Waals surface area contributed by atoms with Crippen LogP contribution in [0.3, 0.4) is 0 Å².